The number of carboxylic acid groups (broad SMARTS) is 1. The lowest BCUT2D eigenvalue weighted by molar-refractivity contribution is -0.125. The van der Waals surface area contributed by atoms with Crippen LogP contribution in [0.4, 0.5) is 14.4 Å². The molecule has 0 aromatic heterocycles. The van der Waals surface area contributed by atoms with E-state index in [0.29, 0.717) is 44.7 Å². The van der Waals surface area contributed by atoms with Crippen molar-refractivity contribution >= 4 is 30.1 Å². The molecule has 8 atom stereocenters. The molecular formula is C37H70N6O10. The molecule has 8 N–H and O–H groups in total. The lowest BCUT2D eigenvalue weighted by atomic mass is 10.0. The van der Waals surface area contributed by atoms with Crippen molar-refractivity contribution in [2.24, 2.45) is 11.8 Å². The number of carbonyl (C=O) groups excluding carboxylic acids is 4. The first kappa shape index (κ1) is 47.7. The quantitative estimate of drug-likeness (QED) is 0.161. The van der Waals surface area contributed by atoms with Gasteiger partial charge in [0.05, 0.1) is 30.8 Å². The van der Waals surface area contributed by atoms with Gasteiger partial charge in [0.25, 0.3) is 0 Å². The molecule has 0 aliphatic carbocycles. The predicted molar refractivity (Wildman–Crippen MR) is 201 cm³/mol. The van der Waals surface area contributed by atoms with Crippen LogP contribution in [-0.2, 0) is 19.1 Å². The highest BCUT2D eigenvalue weighted by Crippen LogP contribution is 2.19. The predicted octanol–water partition coefficient (Wildman–Crippen LogP) is 3.48. The molecule has 16 nitrogen and oxygen atoms in total. The Kier molecular flexibility index (Phi) is 19.3. The molecule has 308 valence electrons. The summed E-state index contributed by atoms with van der Waals surface area (Å²) < 4.78 is 10.5. The van der Waals surface area contributed by atoms with Gasteiger partial charge in [0.1, 0.15) is 23.3 Å². The number of nitrogens with one attached hydrogen (secondary N) is 5. The first-order chi connectivity index (χ1) is 24.3. The van der Waals surface area contributed by atoms with Crippen LogP contribution in [0.1, 0.15) is 122 Å². The van der Waals surface area contributed by atoms with Gasteiger partial charge < -0.3 is 56.3 Å². The summed E-state index contributed by atoms with van der Waals surface area (Å²) in [7, 11) is 0. The van der Waals surface area contributed by atoms with Crippen molar-refractivity contribution in [3.8, 4) is 0 Å². The van der Waals surface area contributed by atoms with E-state index in [9.17, 15) is 39.3 Å². The fourth-order valence-electron chi connectivity index (χ4n) is 5.94. The number of ether oxygens (including phenoxy) is 2. The highest BCUT2D eigenvalue weighted by atomic mass is 16.6. The Labute approximate surface area is 316 Å². The van der Waals surface area contributed by atoms with E-state index in [4.69, 9.17) is 9.47 Å². The van der Waals surface area contributed by atoms with Gasteiger partial charge in [-0.1, -0.05) is 27.7 Å². The van der Waals surface area contributed by atoms with E-state index < -0.39 is 65.7 Å². The van der Waals surface area contributed by atoms with E-state index in [1.54, 1.807) is 48.5 Å². The number of hydrogen-bond donors (Lipinski definition) is 8. The number of aliphatic hydroxyl groups excluding tert-OH is 2. The molecule has 0 aromatic rings. The van der Waals surface area contributed by atoms with Crippen LogP contribution in [0.5, 0.6) is 0 Å². The Hall–Kier alpha value is -3.37. The zero-order valence-corrected chi connectivity index (χ0v) is 34.1. The Morgan fingerprint density at radius 3 is 1.53 bits per heavy atom. The molecule has 2 aliphatic heterocycles. The molecule has 0 saturated carbocycles. The summed E-state index contributed by atoms with van der Waals surface area (Å²) >= 11 is 0. The summed E-state index contributed by atoms with van der Waals surface area (Å²) in [6.45, 7) is 22.6. The van der Waals surface area contributed by atoms with E-state index in [2.05, 4.69) is 33.5 Å². The lowest BCUT2D eigenvalue weighted by Crippen LogP contribution is -2.54. The van der Waals surface area contributed by atoms with Gasteiger partial charge in [0.2, 0.25) is 11.8 Å². The van der Waals surface area contributed by atoms with Crippen molar-refractivity contribution in [3.63, 3.8) is 0 Å². The summed E-state index contributed by atoms with van der Waals surface area (Å²) in [4.78, 5) is 62.1. The Morgan fingerprint density at radius 1 is 0.717 bits per heavy atom. The van der Waals surface area contributed by atoms with E-state index in [1.807, 2.05) is 27.7 Å². The fourth-order valence-corrected chi connectivity index (χ4v) is 5.94. The number of rotatable bonds is 10. The summed E-state index contributed by atoms with van der Waals surface area (Å²) in [5, 5.41) is 44.1. The second-order valence-corrected chi connectivity index (χ2v) is 17.3. The van der Waals surface area contributed by atoms with E-state index >= 15 is 0 Å². The van der Waals surface area contributed by atoms with Crippen molar-refractivity contribution in [2.45, 2.75) is 181 Å². The summed E-state index contributed by atoms with van der Waals surface area (Å²) in [6.07, 6.45) is -0.609. The number of alkyl carbamates (subject to hydrolysis) is 2. The summed E-state index contributed by atoms with van der Waals surface area (Å²) in [6, 6.07) is -2.34. The zero-order chi connectivity index (χ0) is 40.8. The maximum Gasteiger partial charge on any atom is 0.408 e. The van der Waals surface area contributed by atoms with Crippen LogP contribution in [0.25, 0.3) is 0 Å². The van der Waals surface area contributed by atoms with Crippen LogP contribution >= 0.6 is 0 Å². The van der Waals surface area contributed by atoms with Gasteiger partial charge in [-0.25, -0.2) is 14.4 Å². The third kappa shape index (κ3) is 19.5. The molecule has 0 bridgehead atoms. The third-order valence-corrected chi connectivity index (χ3v) is 8.66. The molecule has 2 rings (SSSR count). The number of β-amino-alcohol motifs (C(OH)–C–C–N with tert-alkyl or cyclic N) is 2. The van der Waals surface area contributed by atoms with Gasteiger partial charge in [0, 0.05) is 18.6 Å². The van der Waals surface area contributed by atoms with Crippen LogP contribution in [0.2, 0.25) is 0 Å². The van der Waals surface area contributed by atoms with Crippen molar-refractivity contribution in [2.75, 3.05) is 13.1 Å². The third-order valence-electron chi connectivity index (χ3n) is 8.66. The Bertz CT molecular complexity index is 1190. The van der Waals surface area contributed by atoms with E-state index in [0.717, 1.165) is 6.42 Å². The number of likely N-dealkylation sites (tertiary alicyclic amines) is 1. The minimum atomic E-state index is -1.09. The van der Waals surface area contributed by atoms with Crippen LogP contribution in [0, 0.1) is 11.8 Å². The number of carbonyl (C=O) groups is 5. The minimum absolute atomic E-state index is 0.0736. The smallest absolute Gasteiger partial charge is 0.408 e. The molecule has 16 heteroatoms. The van der Waals surface area contributed by atoms with Crippen molar-refractivity contribution in [1.29, 1.82) is 0 Å². The highest BCUT2D eigenvalue weighted by Gasteiger charge is 2.35. The normalized spacial score (nSPS) is 25.0. The molecule has 53 heavy (non-hydrogen) atoms. The minimum Gasteiger partial charge on any atom is -0.465 e. The molecule has 2 aliphatic rings. The van der Waals surface area contributed by atoms with Gasteiger partial charge in [-0.15, -0.1) is 0 Å². The van der Waals surface area contributed by atoms with Crippen molar-refractivity contribution < 1.29 is 48.8 Å². The van der Waals surface area contributed by atoms with Crippen molar-refractivity contribution in [1.82, 2.24) is 31.5 Å². The average molecular weight is 759 g/mol. The van der Waals surface area contributed by atoms with Crippen LogP contribution in [0.3, 0.4) is 0 Å². The molecule has 0 aromatic carbocycles. The Morgan fingerprint density at radius 2 is 1.13 bits per heavy atom. The average Bonchev–Trinajstić information content (AvgIpc) is 3.23. The number of nitrogens with zero attached hydrogens (tertiary/aromatic N) is 1. The second kappa shape index (κ2) is 21.5. The molecule has 2 fully saturated rings. The van der Waals surface area contributed by atoms with Crippen LogP contribution in [0.15, 0.2) is 0 Å². The topological polar surface area (TPSA) is 228 Å². The Balaban J connectivity index is 0.000000533. The van der Waals surface area contributed by atoms with Gasteiger partial charge in [0.15, 0.2) is 0 Å². The van der Waals surface area contributed by atoms with Gasteiger partial charge in [-0.3, -0.25) is 9.59 Å². The molecular weight excluding hydrogens is 688 g/mol. The first-order valence-corrected chi connectivity index (χ1v) is 19.0. The number of hydrogen-bond acceptors (Lipinski definition) is 10. The van der Waals surface area contributed by atoms with Crippen LogP contribution in [-0.4, -0.2) is 123 Å². The van der Waals surface area contributed by atoms with Gasteiger partial charge in [-0.05, 0) is 106 Å². The molecule has 0 unspecified atom stereocenters. The molecule has 2 saturated heterocycles. The van der Waals surface area contributed by atoms with Gasteiger partial charge in [-0.2, -0.15) is 0 Å². The highest BCUT2D eigenvalue weighted by molar-refractivity contribution is 5.86. The maximum atomic E-state index is 12.8. The second-order valence-electron chi connectivity index (χ2n) is 17.3. The van der Waals surface area contributed by atoms with E-state index in [1.165, 1.54) is 4.90 Å². The number of aliphatic hydroxyl groups is 2. The monoisotopic (exact) mass is 759 g/mol. The van der Waals surface area contributed by atoms with Gasteiger partial charge >= 0.3 is 18.3 Å². The van der Waals surface area contributed by atoms with E-state index in [-0.39, 0.29) is 36.4 Å². The maximum absolute atomic E-state index is 12.8. The molecule has 0 radical (unpaired) electrons. The standard InChI is InChI=1S/C19H35N3O6.C18H35N3O4/c1-11(2)9-14(21-17(25)28-19(4,5)6)16(24)20-13-8-7-12(3)22(18(26)27)10-15(13)23;1-11(2)9-14(21-17(24)25-18(4,5)6)16(23)20-13-8-7-12(3)19-10-15(13)22/h11-15,23H,7-10H2,1-6H3,(H,20,24)(H,21,25)(H,26,27);11-15,19,22H,7-10H2,1-6H3,(H,20,23)(H,21,24)/t2*12-,13+,14+,15+/m11/s1. The SMILES string of the molecule is CC(C)C[C@H](NC(=O)OC(C)(C)C)C(=O)N[C@H]1CC[C@@H](C)N(C(=O)O)C[C@@H]1O.CC(C)C[C@H](NC(=O)OC(C)(C)C)C(=O)N[C@H]1CC[C@@H](C)NC[C@@H]1O. The summed E-state index contributed by atoms with van der Waals surface area (Å²) in [5.41, 5.74) is -1.31. The zero-order valence-electron chi connectivity index (χ0n) is 34.1. The fraction of sp³-hybridized carbons (Fsp3) is 0.865. The first-order valence-electron chi connectivity index (χ1n) is 19.0. The summed E-state index contributed by atoms with van der Waals surface area (Å²) in [5.74, 6) is -0.322. The molecule has 0 spiro atoms. The number of amides is 5. The molecule has 5 amide bonds. The van der Waals surface area contributed by atoms with Crippen LogP contribution < -0.4 is 26.6 Å². The largest absolute Gasteiger partial charge is 0.465 e. The van der Waals surface area contributed by atoms with Crippen molar-refractivity contribution in [3.05, 3.63) is 0 Å². The molecule has 2 heterocycles. The lowest BCUT2D eigenvalue weighted by Gasteiger charge is -2.28.